The molecule has 1 saturated heterocycles. The molecule has 164 valence electrons. The van der Waals surface area contributed by atoms with Crippen molar-refractivity contribution in [1.29, 1.82) is 0 Å². The summed E-state index contributed by atoms with van der Waals surface area (Å²) in [6.07, 6.45) is 0. The second-order valence-electron chi connectivity index (χ2n) is 7.25. The van der Waals surface area contributed by atoms with Crippen molar-refractivity contribution >= 4 is 34.7 Å². The zero-order chi connectivity index (χ0) is 22.5. The number of hydrogen-bond donors (Lipinski definition) is 2. The van der Waals surface area contributed by atoms with Gasteiger partial charge in [0.15, 0.2) is 0 Å². The van der Waals surface area contributed by atoms with Crippen LogP contribution in [0.1, 0.15) is 16.1 Å². The van der Waals surface area contributed by atoms with Crippen molar-refractivity contribution in [1.82, 2.24) is 9.97 Å². The van der Waals surface area contributed by atoms with Crippen LogP contribution >= 0.6 is 0 Å². The van der Waals surface area contributed by atoms with Gasteiger partial charge in [0.25, 0.3) is 11.6 Å². The number of nitrogens with one attached hydrogen (secondary N) is 2. The number of aromatic nitrogens is 2. The lowest BCUT2D eigenvalue weighted by molar-refractivity contribution is -0.384. The third-order valence-electron chi connectivity index (χ3n) is 4.89. The van der Waals surface area contributed by atoms with E-state index < -0.39 is 4.92 Å². The molecular weight excluding hydrogens is 412 g/mol. The Bertz CT molecular complexity index is 1110. The third-order valence-corrected chi connectivity index (χ3v) is 4.89. The Hall–Kier alpha value is -4.05. The van der Waals surface area contributed by atoms with Crippen molar-refractivity contribution in [2.75, 3.05) is 41.8 Å². The van der Waals surface area contributed by atoms with Gasteiger partial charge in [-0.2, -0.15) is 4.98 Å². The van der Waals surface area contributed by atoms with E-state index >= 15 is 0 Å². The summed E-state index contributed by atoms with van der Waals surface area (Å²) in [5.41, 5.74) is 2.55. The average Bonchev–Trinajstić information content (AvgIpc) is 2.80. The lowest BCUT2D eigenvalue weighted by Gasteiger charge is -2.27. The standard InChI is InChI=1S/C22H22N6O4/c1-15-14-20(26-22(23-15)27-10-12-32-13-11-27)24-17-4-6-18(7-5-17)25-21(29)16-2-8-19(9-3-16)28(30)31/h2-9,14H,10-13H2,1H3,(H,25,29)(H,23,24,26). The van der Waals surface area contributed by atoms with E-state index in [4.69, 9.17) is 4.74 Å². The molecule has 10 nitrogen and oxygen atoms in total. The maximum Gasteiger partial charge on any atom is 0.269 e. The molecule has 2 aromatic carbocycles. The van der Waals surface area contributed by atoms with Gasteiger partial charge in [0.1, 0.15) is 5.82 Å². The van der Waals surface area contributed by atoms with E-state index in [9.17, 15) is 14.9 Å². The second kappa shape index (κ2) is 9.40. The molecule has 0 radical (unpaired) electrons. The zero-order valence-electron chi connectivity index (χ0n) is 17.4. The molecule has 0 bridgehead atoms. The molecule has 1 aliphatic rings. The van der Waals surface area contributed by atoms with Crippen LogP contribution in [0.25, 0.3) is 0 Å². The van der Waals surface area contributed by atoms with Gasteiger partial charge in [0, 0.05) is 53.9 Å². The lowest BCUT2D eigenvalue weighted by atomic mass is 10.2. The molecule has 0 aliphatic carbocycles. The summed E-state index contributed by atoms with van der Waals surface area (Å²) in [5.74, 6) is 1.01. The van der Waals surface area contributed by atoms with E-state index in [0.29, 0.717) is 36.2 Å². The van der Waals surface area contributed by atoms with E-state index in [0.717, 1.165) is 24.5 Å². The number of aryl methyl sites for hydroxylation is 1. The topological polar surface area (TPSA) is 123 Å². The number of amides is 1. The Morgan fingerprint density at radius 2 is 1.69 bits per heavy atom. The smallest absolute Gasteiger partial charge is 0.269 e. The molecule has 0 unspecified atom stereocenters. The summed E-state index contributed by atoms with van der Waals surface area (Å²) in [4.78, 5) is 33.8. The molecule has 4 rings (SSSR count). The number of ether oxygens (including phenoxy) is 1. The number of morpholine rings is 1. The van der Waals surface area contributed by atoms with Gasteiger partial charge in [-0.3, -0.25) is 14.9 Å². The van der Waals surface area contributed by atoms with Crippen molar-refractivity contribution in [3.63, 3.8) is 0 Å². The number of hydrogen-bond acceptors (Lipinski definition) is 8. The minimum atomic E-state index is -0.504. The van der Waals surface area contributed by atoms with Crippen molar-refractivity contribution in [2.24, 2.45) is 0 Å². The lowest BCUT2D eigenvalue weighted by Crippen LogP contribution is -2.37. The molecule has 1 amide bonds. The number of nitro benzene ring substituents is 1. The number of rotatable bonds is 6. The van der Waals surface area contributed by atoms with Gasteiger partial charge >= 0.3 is 0 Å². The van der Waals surface area contributed by atoms with Crippen LogP contribution in [0, 0.1) is 17.0 Å². The van der Waals surface area contributed by atoms with Crippen LogP contribution in [0.5, 0.6) is 0 Å². The van der Waals surface area contributed by atoms with Crippen LogP contribution in [0.3, 0.4) is 0 Å². The minimum Gasteiger partial charge on any atom is -0.378 e. The Labute approximate surface area is 184 Å². The molecule has 1 aliphatic heterocycles. The second-order valence-corrected chi connectivity index (χ2v) is 7.25. The van der Waals surface area contributed by atoms with Crippen molar-refractivity contribution in [3.8, 4) is 0 Å². The average molecular weight is 434 g/mol. The van der Waals surface area contributed by atoms with Gasteiger partial charge in [-0.1, -0.05) is 0 Å². The number of non-ortho nitro benzene ring substituents is 1. The summed E-state index contributed by atoms with van der Waals surface area (Å²) in [6, 6.07) is 14.5. The summed E-state index contributed by atoms with van der Waals surface area (Å²) >= 11 is 0. The van der Waals surface area contributed by atoms with Crippen molar-refractivity contribution < 1.29 is 14.5 Å². The van der Waals surface area contributed by atoms with Crippen molar-refractivity contribution in [2.45, 2.75) is 6.92 Å². The van der Waals surface area contributed by atoms with Crippen LogP contribution in [0.4, 0.5) is 28.8 Å². The highest BCUT2D eigenvalue weighted by molar-refractivity contribution is 6.04. The molecule has 0 saturated carbocycles. The highest BCUT2D eigenvalue weighted by atomic mass is 16.6. The molecule has 0 atom stereocenters. The molecule has 0 spiro atoms. The van der Waals surface area contributed by atoms with E-state index in [1.165, 1.54) is 24.3 Å². The number of nitrogens with zero attached hydrogens (tertiary/aromatic N) is 4. The van der Waals surface area contributed by atoms with Gasteiger partial charge in [-0.05, 0) is 43.3 Å². The monoisotopic (exact) mass is 434 g/mol. The summed E-state index contributed by atoms with van der Waals surface area (Å²) in [6.45, 7) is 4.76. The number of nitro groups is 1. The van der Waals surface area contributed by atoms with Crippen LogP contribution in [-0.2, 0) is 4.74 Å². The largest absolute Gasteiger partial charge is 0.378 e. The Morgan fingerprint density at radius 1 is 1.03 bits per heavy atom. The number of benzene rings is 2. The van der Waals surface area contributed by atoms with Gasteiger partial charge in [0.05, 0.1) is 18.1 Å². The summed E-state index contributed by atoms with van der Waals surface area (Å²) in [5, 5.41) is 16.8. The zero-order valence-corrected chi connectivity index (χ0v) is 17.4. The fourth-order valence-electron chi connectivity index (χ4n) is 3.24. The fourth-order valence-corrected chi connectivity index (χ4v) is 3.24. The van der Waals surface area contributed by atoms with Crippen molar-refractivity contribution in [3.05, 3.63) is 76.0 Å². The van der Waals surface area contributed by atoms with Crippen LogP contribution in [-0.4, -0.2) is 47.1 Å². The predicted octanol–water partition coefficient (Wildman–Crippen LogP) is 3.53. The first-order valence-electron chi connectivity index (χ1n) is 10.1. The Balaban J connectivity index is 1.41. The van der Waals surface area contributed by atoms with E-state index in [1.54, 1.807) is 12.1 Å². The fraction of sp³-hybridized carbons (Fsp3) is 0.227. The normalized spacial score (nSPS) is 13.5. The van der Waals surface area contributed by atoms with Gasteiger partial charge in [-0.15, -0.1) is 0 Å². The summed E-state index contributed by atoms with van der Waals surface area (Å²) in [7, 11) is 0. The maximum absolute atomic E-state index is 12.4. The SMILES string of the molecule is Cc1cc(Nc2ccc(NC(=O)c3ccc([N+](=O)[O-])cc3)cc2)nc(N2CCOCC2)n1. The molecule has 2 heterocycles. The first-order valence-corrected chi connectivity index (χ1v) is 10.1. The number of carbonyl (C=O) groups is 1. The van der Waals surface area contributed by atoms with Gasteiger partial charge < -0.3 is 20.3 Å². The number of carbonyl (C=O) groups excluding carboxylic acids is 1. The van der Waals surface area contributed by atoms with E-state index in [-0.39, 0.29) is 11.6 Å². The molecule has 32 heavy (non-hydrogen) atoms. The predicted molar refractivity (Wildman–Crippen MR) is 121 cm³/mol. The molecule has 1 aromatic heterocycles. The minimum absolute atomic E-state index is 0.0614. The maximum atomic E-state index is 12.4. The molecule has 2 N–H and O–H groups in total. The van der Waals surface area contributed by atoms with E-state index in [1.807, 2.05) is 25.1 Å². The third kappa shape index (κ3) is 5.16. The van der Waals surface area contributed by atoms with E-state index in [2.05, 4.69) is 25.5 Å². The quantitative estimate of drug-likeness (QED) is 0.446. The highest BCUT2D eigenvalue weighted by Gasteiger charge is 2.15. The number of anilines is 4. The molecular formula is C22H22N6O4. The van der Waals surface area contributed by atoms with Gasteiger partial charge in [-0.25, -0.2) is 4.98 Å². The summed E-state index contributed by atoms with van der Waals surface area (Å²) < 4.78 is 5.39. The van der Waals surface area contributed by atoms with Gasteiger partial charge in [0.2, 0.25) is 5.95 Å². The molecule has 10 heteroatoms. The van der Waals surface area contributed by atoms with Crippen LogP contribution in [0.2, 0.25) is 0 Å². The molecule has 3 aromatic rings. The Morgan fingerprint density at radius 3 is 2.34 bits per heavy atom. The van der Waals surface area contributed by atoms with Crippen LogP contribution < -0.4 is 15.5 Å². The molecule has 1 fully saturated rings. The Kier molecular flexibility index (Phi) is 6.22. The first kappa shape index (κ1) is 21.2. The first-order chi connectivity index (χ1) is 15.5. The van der Waals surface area contributed by atoms with Crippen LogP contribution in [0.15, 0.2) is 54.6 Å². The highest BCUT2D eigenvalue weighted by Crippen LogP contribution is 2.21.